The van der Waals surface area contributed by atoms with Crippen LogP contribution in [0, 0.1) is 5.82 Å². The maximum atomic E-state index is 13.3. The molecule has 2 aromatic carbocycles. The predicted molar refractivity (Wildman–Crippen MR) is 87.3 cm³/mol. The molecule has 1 saturated heterocycles. The Morgan fingerprint density at radius 3 is 2.31 bits per heavy atom. The van der Waals surface area contributed by atoms with Crippen LogP contribution in [0.15, 0.2) is 53.4 Å². The third-order valence-corrected chi connectivity index (χ3v) is 6.31. The summed E-state index contributed by atoms with van der Waals surface area (Å²) in [7, 11) is -4.48. The Bertz CT molecular complexity index is 901. The molecule has 2 N–H and O–H groups in total. The Morgan fingerprint density at radius 1 is 1.04 bits per heavy atom. The predicted octanol–water partition coefficient (Wildman–Crippen LogP) is 2.96. The molecule has 0 radical (unpaired) electrons. The van der Waals surface area contributed by atoms with Gasteiger partial charge in [-0.15, -0.1) is 0 Å². The summed E-state index contributed by atoms with van der Waals surface area (Å²) in [5, 5.41) is 0. The van der Waals surface area contributed by atoms with Crippen LogP contribution in [0.1, 0.15) is 17.0 Å². The Hall–Kier alpha value is -1.97. The zero-order valence-corrected chi connectivity index (χ0v) is 14.3. The zero-order chi connectivity index (χ0) is 19.1. The van der Waals surface area contributed by atoms with E-state index in [-0.39, 0.29) is 25.1 Å². The second-order valence-corrected chi connectivity index (χ2v) is 8.05. The minimum absolute atomic E-state index is 0.0395. The van der Waals surface area contributed by atoms with Gasteiger partial charge in [-0.25, -0.2) is 12.8 Å². The molecule has 2 aromatic rings. The smallest absolute Gasteiger partial charge is 0.326 e. The van der Waals surface area contributed by atoms with Crippen molar-refractivity contribution in [3.63, 3.8) is 0 Å². The molecule has 26 heavy (non-hydrogen) atoms. The number of hydrogen-bond acceptors (Lipinski definition) is 3. The van der Waals surface area contributed by atoms with E-state index in [1.54, 1.807) is 30.3 Å². The van der Waals surface area contributed by atoms with E-state index in [9.17, 15) is 26.0 Å². The number of nitrogens with two attached hydrogens (primary N) is 1. The van der Waals surface area contributed by atoms with E-state index in [2.05, 4.69) is 0 Å². The molecule has 0 bridgehead atoms. The SMILES string of the molecule is N[C@@H]1CN(S(=O)(=O)c2ccc(F)cc2C(F)(F)F)C[C@H]1c1ccccc1. The average Bonchev–Trinajstić information content (AvgIpc) is 2.97. The Labute approximate surface area is 148 Å². The number of alkyl halides is 3. The molecular formula is C17H16F4N2O2S. The second-order valence-electron chi connectivity index (χ2n) is 6.14. The Balaban J connectivity index is 1.98. The van der Waals surface area contributed by atoms with E-state index in [1.807, 2.05) is 0 Å². The van der Waals surface area contributed by atoms with Crippen LogP contribution in [0.25, 0.3) is 0 Å². The highest BCUT2D eigenvalue weighted by Gasteiger charge is 2.43. The lowest BCUT2D eigenvalue weighted by Gasteiger charge is -2.20. The number of benzene rings is 2. The summed E-state index contributed by atoms with van der Waals surface area (Å²) in [4.78, 5) is -0.965. The minimum Gasteiger partial charge on any atom is -0.326 e. The normalized spacial score (nSPS) is 21.9. The van der Waals surface area contributed by atoms with E-state index in [0.717, 1.165) is 9.87 Å². The van der Waals surface area contributed by atoms with Crippen molar-refractivity contribution in [3.8, 4) is 0 Å². The number of rotatable bonds is 3. The maximum absolute atomic E-state index is 13.3. The second kappa shape index (κ2) is 6.64. The summed E-state index contributed by atoms with van der Waals surface area (Å²) in [6.45, 7) is -0.154. The van der Waals surface area contributed by atoms with Crippen LogP contribution in [0.5, 0.6) is 0 Å². The van der Waals surface area contributed by atoms with E-state index >= 15 is 0 Å². The van der Waals surface area contributed by atoms with Gasteiger partial charge in [0.25, 0.3) is 0 Å². The summed E-state index contributed by atoms with van der Waals surface area (Å²) in [5.41, 5.74) is 5.33. The summed E-state index contributed by atoms with van der Waals surface area (Å²) in [5.74, 6) is -1.49. The van der Waals surface area contributed by atoms with Gasteiger partial charge >= 0.3 is 6.18 Å². The van der Waals surface area contributed by atoms with Gasteiger partial charge in [0.2, 0.25) is 10.0 Å². The number of sulfonamides is 1. The fourth-order valence-electron chi connectivity index (χ4n) is 3.13. The third kappa shape index (κ3) is 3.46. The quantitative estimate of drug-likeness (QED) is 0.823. The lowest BCUT2D eigenvalue weighted by Crippen LogP contribution is -2.33. The van der Waals surface area contributed by atoms with E-state index in [0.29, 0.717) is 12.1 Å². The molecule has 0 amide bonds. The highest BCUT2D eigenvalue weighted by Crippen LogP contribution is 2.37. The van der Waals surface area contributed by atoms with Gasteiger partial charge in [0, 0.05) is 25.0 Å². The molecule has 1 fully saturated rings. The maximum Gasteiger partial charge on any atom is 0.417 e. The first kappa shape index (κ1) is 18.8. The highest BCUT2D eigenvalue weighted by atomic mass is 32.2. The number of halogens is 4. The van der Waals surface area contributed by atoms with Crippen LogP contribution in [0.2, 0.25) is 0 Å². The fourth-order valence-corrected chi connectivity index (χ4v) is 4.82. The molecule has 3 rings (SSSR count). The van der Waals surface area contributed by atoms with Crippen molar-refractivity contribution >= 4 is 10.0 Å². The van der Waals surface area contributed by atoms with Gasteiger partial charge < -0.3 is 5.73 Å². The van der Waals surface area contributed by atoms with Crippen molar-refractivity contribution in [2.24, 2.45) is 5.73 Å². The number of nitrogens with zero attached hydrogens (tertiary/aromatic N) is 1. The van der Waals surface area contributed by atoms with Gasteiger partial charge in [-0.05, 0) is 23.8 Å². The van der Waals surface area contributed by atoms with Crippen molar-refractivity contribution in [2.75, 3.05) is 13.1 Å². The Kier molecular flexibility index (Phi) is 4.80. The van der Waals surface area contributed by atoms with Gasteiger partial charge in [0.15, 0.2) is 0 Å². The van der Waals surface area contributed by atoms with Crippen LogP contribution < -0.4 is 5.73 Å². The molecule has 0 aromatic heterocycles. The van der Waals surface area contributed by atoms with Gasteiger partial charge in [-0.2, -0.15) is 17.5 Å². The lowest BCUT2D eigenvalue weighted by molar-refractivity contribution is -0.140. The van der Waals surface area contributed by atoms with Gasteiger partial charge in [-0.3, -0.25) is 0 Å². The highest BCUT2D eigenvalue weighted by molar-refractivity contribution is 7.89. The molecule has 1 aliphatic rings. The molecule has 4 nitrogen and oxygen atoms in total. The molecule has 140 valence electrons. The monoisotopic (exact) mass is 388 g/mol. The summed E-state index contributed by atoms with van der Waals surface area (Å²) >= 11 is 0. The molecule has 1 heterocycles. The van der Waals surface area contributed by atoms with Crippen molar-refractivity contribution in [2.45, 2.75) is 23.0 Å². The minimum atomic E-state index is -4.99. The molecule has 9 heteroatoms. The topological polar surface area (TPSA) is 63.4 Å². The molecule has 0 spiro atoms. The van der Waals surface area contributed by atoms with Crippen LogP contribution >= 0.6 is 0 Å². The zero-order valence-electron chi connectivity index (χ0n) is 13.4. The van der Waals surface area contributed by atoms with Gasteiger partial charge in [-0.1, -0.05) is 30.3 Å². The fraction of sp³-hybridized carbons (Fsp3) is 0.294. The van der Waals surface area contributed by atoms with Crippen LogP contribution in [-0.4, -0.2) is 31.9 Å². The first-order valence-electron chi connectivity index (χ1n) is 7.78. The average molecular weight is 388 g/mol. The van der Waals surface area contributed by atoms with Gasteiger partial charge in [0.05, 0.1) is 10.5 Å². The van der Waals surface area contributed by atoms with Crippen LogP contribution in [0.3, 0.4) is 0 Å². The van der Waals surface area contributed by atoms with E-state index in [1.165, 1.54) is 0 Å². The van der Waals surface area contributed by atoms with E-state index < -0.39 is 38.5 Å². The number of hydrogen-bond donors (Lipinski definition) is 1. The van der Waals surface area contributed by atoms with Crippen LogP contribution in [0.4, 0.5) is 17.6 Å². The third-order valence-electron chi connectivity index (χ3n) is 4.42. The Morgan fingerprint density at radius 2 is 1.69 bits per heavy atom. The molecular weight excluding hydrogens is 372 g/mol. The lowest BCUT2D eigenvalue weighted by atomic mass is 9.95. The first-order valence-corrected chi connectivity index (χ1v) is 9.22. The van der Waals surface area contributed by atoms with Crippen LogP contribution in [-0.2, 0) is 16.2 Å². The van der Waals surface area contributed by atoms with Crippen molar-refractivity contribution < 1.29 is 26.0 Å². The molecule has 1 aliphatic heterocycles. The largest absolute Gasteiger partial charge is 0.417 e. The molecule has 0 unspecified atom stereocenters. The molecule has 2 atom stereocenters. The van der Waals surface area contributed by atoms with Crippen molar-refractivity contribution in [1.82, 2.24) is 4.31 Å². The molecule has 0 saturated carbocycles. The summed E-state index contributed by atoms with van der Waals surface area (Å²) < 4.78 is 79.3. The van der Waals surface area contributed by atoms with E-state index in [4.69, 9.17) is 5.73 Å². The first-order chi connectivity index (χ1) is 12.1. The van der Waals surface area contributed by atoms with Crippen molar-refractivity contribution in [1.29, 1.82) is 0 Å². The summed E-state index contributed by atoms with van der Waals surface area (Å²) in [6, 6.07) is 9.93. The van der Waals surface area contributed by atoms with Gasteiger partial charge in [0.1, 0.15) is 5.82 Å². The summed E-state index contributed by atoms with van der Waals surface area (Å²) in [6.07, 6.45) is -4.99. The van der Waals surface area contributed by atoms with Crippen molar-refractivity contribution in [3.05, 3.63) is 65.5 Å². The molecule has 0 aliphatic carbocycles. The standard InChI is InChI=1S/C17H16F4N2O2S/c18-12-6-7-16(14(8-12)17(19,20)21)26(24,25)23-9-13(15(22)10-23)11-4-2-1-3-5-11/h1-8,13,15H,9-10,22H2/t13-,15+/m0/s1.